The summed E-state index contributed by atoms with van der Waals surface area (Å²) in [5, 5.41) is 0. The van der Waals surface area contributed by atoms with Crippen molar-refractivity contribution in [2.75, 3.05) is 0 Å². The fraction of sp³-hybridized carbons (Fsp3) is 0.286. The molecule has 17 heavy (non-hydrogen) atoms. The van der Waals surface area contributed by atoms with E-state index in [4.69, 9.17) is 5.73 Å². The van der Waals surface area contributed by atoms with Crippen molar-refractivity contribution in [1.82, 2.24) is 9.97 Å². The SMILES string of the molecule is CCC(N)Cc1nccc(-c2ccccc2)n1. The Bertz CT molecular complexity index is 468. The lowest BCUT2D eigenvalue weighted by atomic mass is 10.1. The Labute approximate surface area is 102 Å². The molecule has 1 aromatic heterocycles. The lowest BCUT2D eigenvalue weighted by Gasteiger charge is -2.08. The Kier molecular flexibility index (Phi) is 3.83. The average Bonchev–Trinajstić information content (AvgIpc) is 2.40. The van der Waals surface area contributed by atoms with Crippen molar-refractivity contribution in [3.63, 3.8) is 0 Å². The van der Waals surface area contributed by atoms with Gasteiger partial charge in [0.2, 0.25) is 0 Å². The van der Waals surface area contributed by atoms with Crippen LogP contribution < -0.4 is 5.73 Å². The predicted octanol–water partition coefficient (Wildman–Crippen LogP) is 2.42. The van der Waals surface area contributed by atoms with Gasteiger partial charge in [-0.2, -0.15) is 0 Å². The highest BCUT2D eigenvalue weighted by molar-refractivity contribution is 5.58. The fourth-order valence-corrected chi connectivity index (χ4v) is 1.65. The highest BCUT2D eigenvalue weighted by atomic mass is 14.9. The van der Waals surface area contributed by atoms with Crippen molar-refractivity contribution < 1.29 is 0 Å². The first-order chi connectivity index (χ1) is 8.29. The number of hydrogen-bond donors (Lipinski definition) is 1. The van der Waals surface area contributed by atoms with Crippen molar-refractivity contribution in [1.29, 1.82) is 0 Å². The summed E-state index contributed by atoms with van der Waals surface area (Å²) in [5.74, 6) is 0.820. The van der Waals surface area contributed by atoms with Crippen LogP contribution in [0.15, 0.2) is 42.6 Å². The van der Waals surface area contributed by atoms with Crippen LogP contribution >= 0.6 is 0 Å². The Balaban J connectivity index is 2.23. The minimum Gasteiger partial charge on any atom is -0.327 e. The lowest BCUT2D eigenvalue weighted by Crippen LogP contribution is -2.22. The monoisotopic (exact) mass is 227 g/mol. The molecule has 0 bridgehead atoms. The van der Waals surface area contributed by atoms with Gasteiger partial charge in [-0.3, -0.25) is 0 Å². The van der Waals surface area contributed by atoms with Gasteiger partial charge in [-0.15, -0.1) is 0 Å². The average molecular weight is 227 g/mol. The number of nitrogens with zero attached hydrogens (tertiary/aromatic N) is 2. The van der Waals surface area contributed by atoms with E-state index in [0.29, 0.717) is 0 Å². The second kappa shape index (κ2) is 5.55. The first kappa shape index (κ1) is 11.7. The van der Waals surface area contributed by atoms with Gasteiger partial charge < -0.3 is 5.73 Å². The zero-order valence-corrected chi connectivity index (χ0v) is 10.0. The lowest BCUT2D eigenvalue weighted by molar-refractivity contribution is 0.625. The van der Waals surface area contributed by atoms with E-state index in [0.717, 1.165) is 29.9 Å². The number of nitrogens with two attached hydrogens (primary N) is 1. The number of benzene rings is 1. The normalized spacial score (nSPS) is 12.4. The standard InChI is InChI=1S/C14H17N3/c1-2-12(15)10-14-16-9-8-13(17-14)11-6-4-3-5-7-11/h3-9,12H,2,10,15H2,1H3. The molecule has 0 saturated carbocycles. The maximum atomic E-state index is 5.91. The van der Waals surface area contributed by atoms with Crippen LogP contribution in [0.3, 0.4) is 0 Å². The molecular weight excluding hydrogens is 210 g/mol. The summed E-state index contributed by atoms with van der Waals surface area (Å²) in [6.07, 6.45) is 3.48. The van der Waals surface area contributed by atoms with E-state index in [1.807, 2.05) is 36.4 Å². The van der Waals surface area contributed by atoms with Crippen LogP contribution in [0.5, 0.6) is 0 Å². The summed E-state index contributed by atoms with van der Waals surface area (Å²) in [6.45, 7) is 2.08. The number of rotatable bonds is 4. The largest absolute Gasteiger partial charge is 0.327 e. The van der Waals surface area contributed by atoms with Crippen LogP contribution in [0.2, 0.25) is 0 Å². The van der Waals surface area contributed by atoms with E-state index in [1.165, 1.54) is 0 Å². The van der Waals surface area contributed by atoms with Crippen LogP contribution in [0.25, 0.3) is 11.3 Å². The maximum Gasteiger partial charge on any atom is 0.130 e. The molecule has 1 aromatic carbocycles. The molecule has 2 N–H and O–H groups in total. The molecule has 3 nitrogen and oxygen atoms in total. The zero-order valence-electron chi connectivity index (χ0n) is 10.0. The molecule has 2 rings (SSSR count). The molecule has 3 heteroatoms. The number of hydrogen-bond acceptors (Lipinski definition) is 3. The van der Waals surface area contributed by atoms with Crippen molar-refractivity contribution >= 4 is 0 Å². The summed E-state index contributed by atoms with van der Waals surface area (Å²) >= 11 is 0. The Morgan fingerprint density at radius 2 is 1.94 bits per heavy atom. The van der Waals surface area contributed by atoms with Crippen molar-refractivity contribution in [3.8, 4) is 11.3 Å². The molecule has 0 amide bonds. The van der Waals surface area contributed by atoms with E-state index in [9.17, 15) is 0 Å². The van der Waals surface area contributed by atoms with E-state index in [2.05, 4.69) is 16.9 Å². The van der Waals surface area contributed by atoms with Crippen LogP contribution in [0.1, 0.15) is 19.2 Å². The molecule has 0 aliphatic heterocycles. The Morgan fingerprint density at radius 3 is 2.65 bits per heavy atom. The zero-order chi connectivity index (χ0) is 12.1. The second-order valence-electron chi connectivity index (χ2n) is 4.10. The Hall–Kier alpha value is -1.74. The van der Waals surface area contributed by atoms with Crippen LogP contribution in [0.4, 0.5) is 0 Å². The third kappa shape index (κ3) is 3.11. The molecule has 0 radical (unpaired) electrons. The summed E-state index contributed by atoms with van der Waals surface area (Å²) in [7, 11) is 0. The maximum absolute atomic E-state index is 5.91. The molecule has 1 heterocycles. The first-order valence-corrected chi connectivity index (χ1v) is 5.92. The van der Waals surface area contributed by atoms with Crippen LogP contribution in [-0.4, -0.2) is 16.0 Å². The minimum absolute atomic E-state index is 0.140. The summed E-state index contributed by atoms with van der Waals surface area (Å²) < 4.78 is 0. The summed E-state index contributed by atoms with van der Waals surface area (Å²) in [6, 6.07) is 12.2. The van der Waals surface area contributed by atoms with E-state index >= 15 is 0 Å². The van der Waals surface area contributed by atoms with Gasteiger partial charge in [-0.1, -0.05) is 37.3 Å². The van der Waals surface area contributed by atoms with Crippen molar-refractivity contribution in [3.05, 3.63) is 48.4 Å². The van der Waals surface area contributed by atoms with Gasteiger partial charge in [0.25, 0.3) is 0 Å². The summed E-state index contributed by atoms with van der Waals surface area (Å²) in [4.78, 5) is 8.80. The fourth-order valence-electron chi connectivity index (χ4n) is 1.65. The van der Waals surface area contributed by atoms with Gasteiger partial charge in [0.15, 0.2) is 0 Å². The van der Waals surface area contributed by atoms with Gasteiger partial charge in [0.1, 0.15) is 5.82 Å². The van der Waals surface area contributed by atoms with Gasteiger partial charge in [-0.05, 0) is 12.5 Å². The highest BCUT2D eigenvalue weighted by Crippen LogP contribution is 2.15. The van der Waals surface area contributed by atoms with Crippen molar-refractivity contribution in [2.45, 2.75) is 25.8 Å². The van der Waals surface area contributed by atoms with E-state index in [-0.39, 0.29) is 6.04 Å². The molecule has 0 fully saturated rings. The Morgan fingerprint density at radius 1 is 1.18 bits per heavy atom. The smallest absolute Gasteiger partial charge is 0.130 e. The third-order valence-electron chi connectivity index (χ3n) is 2.74. The van der Waals surface area contributed by atoms with Crippen LogP contribution in [0, 0.1) is 0 Å². The third-order valence-corrected chi connectivity index (χ3v) is 2.74. The topological polar surface area (TPSA) is 51.8 Å². The molecule has 0 aliphatic rings. The van der Waals surface area contributed by atoms with Gasteiger partial charge in [-0.25, -0.2) is 9.97 Å². The molecule has 2 aromatic rings. The molecule has 0 saturated heterocycles. The minimum atomic E-state index is 0.140. The van der Waals surface area contributed by atoms with E-state index in [1.54, 1.807) is 6.20 Å². The van der Waals surface area contributed by atoms with Crippen molar-refractivity contribution in [2.24, 2.45) is 5.73 Å². The quantitative estimate of drug-likeness (QED) is 0.872. The van der Waals surface area contributed by atoms with Gasteiger partial charge >= 0.3 is 0 Å². The first-order valence-electron chi connectivity index (χ1n) is 5.92. The van der Waals surface area contributed by atoms with Crippen LogP contribution in [-0.2, 0) is 6.42 Å². The molecule has 88 valence electrons. The molecular formula is C14H17N3. The van der Waals surface area contributed by atoms with Gasteiger partial charge in [0.05, 0.1) is 5.69 Å². The number of aromatic nitrogens is 2. The summed E-state index contributed by atoms with van der Waals surface area (Å²) in [5.41, 5.74) is 7.98. The highest BCUT2D eigenvalue weighted by Gasteiger charge is 2.05. The van der Waals surface area contributed by atoms with E-state index < -0.39 is 0 Å². The predicted molar refractivity (Wildman–Crippen MR) is 69.4 cm³/mol. The second-order valence-corrected chi connectivity index (χ2v) is 4.10. The van der Waals surface area contributed by atoms with Gasteiger partial charge in [0, 0.05) is 24.2 Å². The molecule has 0 aliphatic carbocycles. The molecule has 0 spiro atoms. The molecule has 1 atom stereocenters. The molecule has 1 unspecified atom stereocenters.